The SMILES string of the molecule is CCCC(CO)(CCC)CCC. The van der Waals surface area contributed by atoms with Crippen LogP contribution in [0.2, 0.25) is 0 Å². The molecule has 1 N–H and O–H groups in total. The zero-order valence-corrected chi connectivity index (χ0v) is 8.90. The Labute approximate surface area is 77.2 Å². The van der Waals surface area contributed by atoms with E-state index in [1.807, 2.05) is 0 Å². The van der Waals surface area contributed by atoms with Gasteiger partial charge in [-0.3, -0.25) is 0 Å². The fourth-order valence-corrected chi connectivity index (χ4v) is 2.20. The van der Waals surface area contributed by atoms with Crippen LogP contribution >= 0.6 is 0 Å². The van der Waals surface area contributed by atoms with Crippen LogP contribution in [-0.4, -0.2) is 11.7 Å². The van der Waals surface area contributed by atoms with E-state index < -0.39 is 0 Å². The van der Waals surface area contributed by atoms with Gasteiger partial charge in [0.15, 0.2) is 0 Å². The molecule has 12 heavy (non-hydrogen) atoms. The maximum Gasteiger partial charge on any atom is 0.0487 e. The molecule has 0 aliphatic heterocycles. The van der Waals surface area contributed by atoms with Crippen molar-refractivity contribution in [1.29, 1.82) is 0 Å². The van der Waals surface area contributed by atoms with E-state index in [4.69, 9.17) is 0 Å². The van der Waals surface area contributed by atoms with Gasteiger partial charge in [0.05, 0.1) is 0 Å². The van der Waals surface area contributed by atoms with Crippen molar-refractivity contribution >= 4 is 0 Å². The summed E-state index contributed by atoms with van der Waals surface area (Å²) in [5.74, 6) is 0. The Morgan fingerprint density at radius 1 is 0.833 bits per heavy atom. The summed E-state index contributed by atoms with van der Waals surface area (Å²) in [6.45, 7) is 6.99. The molecule has 0 amide bonds. The third kappa shape index (κ3) is 3.57. The normalized spacial score (nSPS) is 12.0. The Balaban J connectivity index is 4.06. The van der Waals surface area contributed by atoms with Crippen molar-refractivity contribution in [3.63, 3.8) is 0 Å². The Bertz CT molecular complexity index is 82.2. The Morgan fingerprint density at radius 2 is 1.17 bits per heavy atom. The summed E-state index contributed by atoms with van der Waals surface area (Å²) in [6.07, 6.45) is 7.14. The van der Waals surface area contributed by atoms with Crippen LogP contribution in [0.25, 0.3) is 0 Å². The Hall–Kier alpha value is -0.0400. The number of rotatable bonds is 7. The van der Waals surface area contributed by atoms with Crippen molar-refractivity contribution in [2.24, 2.45) is 5.41 Å². The lowest BCUT2D eigenvalue weighted by Gasteiger charge is -2.31. The average Bonchev–Trinajstić information content (AvgIpc) is 2.06. The van der Waals surface area contributed by atoms with Gasteiger partial charge in [0, 0.05) is 6.61 Å². The molecule has 1 heteroatoms. The van der Waals surface area contributed by atoms with E-state index >= 15 is 0 Å². The van der Waals surface area contributed by atoms with Gasteiger partial charge in [0.1, 0.15) is 0 Å². The van der Waals surface area contributed by atoms with Gasteiger partial charge in [-0.1, -0.05) is 40.0 Å². The summed E-state index contributed by atoms with van der Waals surface area (Å²) in [7, 11) is 0. The van der Waals surface area contributed by atoms with Crippen LogP contribution in [0.5, 0.6) is 0 Å². The predicted molar refractivity (Wildman–Crippen MR) is 54.2 cm³/mol. The quantitative estimate of drug-likeness (QED) is 0.624. The van der Waals surface area contributed by atoms with E-state index in [2.05, 4.69) is 20.8 Å². The highest BCUT2D eigenvalue weighted by atomic mass is 16.3. The number of hydrogen-bond donors (Lipinski definition) is 1. The highest BCUT2D eigenvalue weighted by Crippen LogP contribution is 2.34. The molecule has 0 aromatic rings. The molecular formula is C11H24O. The molecule has 0 heterocycles. The third-order valence-electron chi connectivity index (χ3n) is 2.68. The lowest BCUT2D eigenvalue weighted by atomic mass is 9.76. The van der Waals surface area contributed by atoms with Gasteiger partial charge in [-0.05, 0) is 24.7 Å². The minimum absolute atomic E-state index is 0.248. The monoisotopic (exact) mass is 172 g/mol. The molecule has 0 saturated carbocycles. The highest BCUT2D eigenvalue weighted by molar-refractivity contribution is 4.77. The zero-order chi connectivity index (χ0) is 9.45. The molecule has 0 spiro atoms. The number of aliphatic hydroxyl groups is 1. The van der Waals surface area contributed by atoms with Crippen molar-refractivity contribution in [2.45, 2.75) is 59.3 Å². The molecular weight excluding hydrogens is 148 g/mol. The minimum atomic E-state index is 0.248. The standard InChI is InChI=1S/C11H24O/c1-4-7-11(10-12,8-5-2)9-6-3/h12H,4-10H2,1-3H3. The van der Waals surface area contributed by atoms with E-state index in [0.29, 0.717) is 6.61 Å². The van der Waals surface area contributed by atoms with Crippen LogP contribution in [0.15, 0.2) is 0 Å². The summed E-state index contributed by atoms with van der Waals surface area (Å²) in [6, 6.07) is 0. The summed E-state index contributed by atoms with van der Waals surface area (Å²) in [5.41, 5.74) is 0.248. The van der Waals surface area contributed by atoms with Crippen LogP contribution in [-0.2, 0) is 0 Å². The van der Waals surface area contributed by atoms with E-state index in [1.165, 1.54) is 38.5 Å². The fourth-order valence-electron chi connectivity index (χ4n) is 2.20. The van der Waals surface area contributed by atoms with Crippen LogP contribution < -0.4 is 0 Å². The molecule has 0 atom stereocenters. The van der Waals surface area contributed by atoms with Gasteiger partial charge < -0.3 is 5.11 Å². The average molecular weight is 172 g/mol. The minimum Gasteiger partial charge on any atom is -0.396 e. The first-order valence-corrected chi connectivity index (χ1v) is 5.35. The zero-order valence-electron chi connectivity index (χ0n) is 8.90. The molecule has 74 valence electrons. The van der Waals surface area contributed by atoms with Crippen LogP contribution in [0.4, 0.5) is 0 Å². The molecule has 0 fully saturated rings. The maximum atomic E-state index is 9.37. The van der Waals surface area contributed by atoms with Gasteiger partial charge >= 0.3 is 0 Å². The van der Waals surface area contributed by atoms with Crippen LogP contribution in [0.3, 0.4) is 0 Å². The van der Waals surface area contributed by atoms with Gasteiger partial charge in [-0.15, -0.1) is 0 Å². The second-order valence-electron chi connectivity index (χ2n) is 3.91. The first-order chi connectivity index (χ1) is 5.74. The number of hydrogen-bond acceptors (Lipinski definition) is 1. The fraction of sp³-hybridized carbons (Fsp3) is 1.00. The Kier molecular flexibility index (Phi) is 6.45. The van der Waals surface area contributed by atoms with Crippen molar-refractivity contribution in [3.8, 4) is 0 Å². The van der Waals surface area contributed by atoms with Gasteiger partial charge in [-0.25, -0.2) is 0 Å². The second-order valence-corrected chi connectivity index (χ2v) is 3.91. The molecule has 0 bridgehead atoms. The molecule has 0 aliphatic rings. The highest BCUT2D eigenvalue weighted by Gasteiger charge is 2.25. The van der Waals surface area contributed by atoms with Crippen molar-refractivity contribution in [3.05, 3.63) is 0 Å². The molecule has 0 radical (unpaired) electrons. The van der Waals surface area contributed by atoms with Crippen molar-refractivity contribution in [1.82, 2.24) is 0 Å². The molecule has 1 nitrogen and oxygen atoms in total. The smallest absolute Gasteiger partial charge is 0.0487 e. The number of aliphatic hydroxyl groups excluding tert-OH is 1. The summed E-state index contributed by atoms with van der Waals surface area (Å²) < 4.78 is 0. The largest absolute Gasteiger partial charge is 0.396 e. The van der Waals surface area contributed by atoms with Gasteiger partial charge in [-0.2, -0.15) is 0 Å². The van der Waals surface area contributed by atoms with E-state index in [9.17, 15) is 5.11 Å². The maximum absolute atomic E-state index is 9.37. The lowest BCUT2D eigenvalue weighted by Crippen LogP contribution is -2.24. The molecule has 0 aromatic heterocycles. The topological polar surface area (TPSA) is 20.2 Å². The van der Waals surface area contributed by atoms with E-state index in [0.717, 1.165) is 0 Å². The predicted octanol–water partition coefficient (Wildman–Crippen LogP) is 3.37. The van der Waals surface area contributed by atoms with Gasteiger partial charge in [0.2, 0.25) is 0 Å². The van der Waals surface area contributed by atoms with Crippen LogP contribution in [0.1, 0.15) is 59.3 Å². The summed E-state index contributed by atoms with van der Waals surface area (Å²) in [5, 5.41) is 9.37. The molecule has 0 aliphatic carbocycles. The molecule has 0 rings (SSSR count). The van der Waals surface area contributed by atoms with Crippen LogP contribution in [0, 0.1) is 5.41 Å². The second kappa shape index (κ2) is 6.47. The summed E-state index contributed by atoms with van der Waals surface area (Å²) >= 11 is 0. The molecule has 0 saturated heterocycles. The summed E-state index contributed by atoms with van der Waals surface area (Å²) in [4.78, 5) is 0. The molecule has 0 unspecified atom stereocenters. The third-order valence-corrected chi connectivity index (χ3v) is 2.68. The van der Waals surface area contributed by atoms with Crippen molar-refractivity contribution in [2.75, 3.05) is 6.61 Å². The lowest BCUT2D eigenvalue weighted by molar-refractivity contribution is 0.0924. The first-order valence-electron chi connectivity index (χ1n) is 5.35. The first kappa shape index (κ1) is 12.0. The molecule has 0 aromatic carbocycles. The van der Waals surface area contributed by atoms with E-state index in [1.54, 1.807) is 0 Å². The van der Waals surface area contributed by atoms with Crippen molar-refractivity contribution < 1.29 is 5.11 Å². The van der Waals surface area contributed by atoms with E-state index in [-0.39, 0.29) is 5.41 Å². The Morgan fingerprint density at radius 3 is 1.33 bits per heavy atom. The van der Waals surface area contributed by atoms with Gasteiger partial charge in [0.25, 0.3) is 0 Å².